The maximum Gasteiger partial charge on any atom is 0.234 e. The number of aryl methyl sites for hydroxylation is 1. The van der Waals surface area contributed by atoms with E-state index in [4.69, 9.17) is 23.2 Å². The third-order valence-corrected chi connectivity index (χ3v) is 7.14. The van der Waals surface area contributed by atoms with E-state index < -0.39 is 0 Å². The quantitative estimate of drug-likeness (QED) is 0.312. The molecule has 0 radical (unpaired) electrons. The van der Waals surface area contributed by atoms with Gasteiger partial charge in [0, 0.05) is 33.5 Å². The van der Waals surface area contributed by atoms with Crippen LogP contribution in [0.5, 0.6) is 0 Å². The number of hydrogen-bond acceptors (Lipinski definition) is 5. The first-order valence-corrected chi connectivity index (χ1v) is 12.0. The van der Waals surface area contributed by atoms with Gasteiger partial charge in [-0.3, -0.25) is 4.79 Å². The first-order valence-electron chi connectivity index (χ1n) is 9.35. The van der Waals surface area contributed by atoms with Crippen molar-refractivity contribution in [2.75, 3.05) is 11.1 Å². The van der Waals surface area contributed by atoms with Crippen molar-refractivity contribution >= 4 is 57.9 Å². The average molecular weight is 489 g/mol. The largest absolute Gasteiger partial charge is 0.324 e. The van der Waals surface area contributed by atoms with Gasteiger partial charge in [0.15, 0.2) is 11.0 Å². The number of nitrogens with one attached hydrogen (secondary N) is 1. The molecule has 31 heavy (non-hydrogen) atoms. The van der Waals surface area contributed by atoms with Crippen molar-refractivity contribution in [1.29, 1.82) is 0 Å². The van der Waals surface area contributed by atoms with Crippen molar-refractivity contribution < 1.29 is 4.79 Å². The second-order valence-electron chi connectivity index (χ2n) is 6.77. The van der Waals surface area contributed by atoms with E-state index in [0.717, 1.165) is 22.5 Å². The zero-order valence-corrected chi connectivity index (χ0v) is 19.9. The minimum absolute atomic E-state index is 0.170. The normalized spacial score (nSPS) is 11.0. The number of benzene rings is 2. The molecule has 1 N–H and O–H groups in total. The van der Waals surface area contributed by atoms with E-state index in [9.17, 15) is 4.79 Å². The summed E-state index contributed by atoms with van der Waals surface area (Å²) in [5, 5.41) is 15.2. The van der Waals surface area contributed by atoms with Crippen LogP contribution in [0.3, 0.4) is 0 Å². The molecule has 0 fully saturated rings. The molecule has 0 atom stereocenters. The molecule has 0 bridgehead atoms. The Kier molecular flexibility index (Phi) is 6.67. The molecule has 0 saturated carbocycles. The standard InChI is InChI=1S/C22H18Cl2N4OS2/c1-13-20(14-6-4-3-5-7-14)16(11-30-13)21-26-27-22(28(21)2)31-12-19(29)25-18-10-15(23)8-9-17(18)24/h3-11H,12H2,1-2H3,(H,25,29). The maximum absolute atomic E-state index is 12.4. The molecule has 4 aromatic rings. The zero-order valence-electron chi connectivity index (χ0n) is 16.7. The minimum atomic E-state index is -0.199. The molecule has 0 aliphatic heterocycles. The molecule has 2 aromatic heterocycles. The van der Waals surface area contributed by atoms with Crippen LogP contribution in [0.25, 0.3) is 22.5 Å². The summed E-state index contributed by atoms with van der Waals surface area (Å²) in [6.07, 6.45) is 0. The molecule has 0 saturated heterocycles. The average Bonchev–Trinajstić information content (AvgIpc) is 3.32. The van der Waals surface area contributed by atoms with Gasteiger partial charge in [0.25, 0.3) is 0 Å². The van der Waals surface area contributed by atoms with Crippen LogP contribution >= 0.6 is 46.3 Å². The summed E-state index contributed by atoms with van der Waals surface area (Å²) in [5.41, 5.74) is 3.82. The second kappa shape index (κ2) is 9.44. The molecular formula is C22H18Cl2N4OS2. The number of amides is 1. The van der Waals surface area contributed by atoms with Gasteiger partial charge in [-0.05, 0) is 30.7 Å². The van der Waals surface area contributed by atoms with E-state index in [1.807, 2.05) is 29.8 Å². The fraction of sp³-hybridized carbons (Fsp3) is 0.136. The Balaban J connectivity index is 1.51. The Bertz CT molecular complexity index is 1240. The van der Waals surface area contributed by atoms with Crippen LogP contribution in [0, 0.1) is 6.92 Å². The van der Waals surface area contributed by atoms with E-state index >= 15 is 0 Å². The molecule has 0 unspecified atom stereocenters. The molecule has 0 aliphatic carbocycles. The number of nitrogens with zero attached hydrogens (tertiary/aromatic N) is 3. The lowest BCUT2D eigenvalue weighted by Crippen LogP contribution is -2.14. The Morgan fingerprint density at radius 2 is 1.94 bits per heavy atom. The van der Waals surface area contributed by atoms with Gasteiger partial charge in [-0.1, -0.05) is 65.3 Å². The second-order valence-corrected chi connectivity index (χ2v) is 9.64. The van der Waals surface area contributed by atoms with Gasteiger partial charge in [-0.25, -0.2) is 0 Å². The van der Waals surface area contributed by atoms with Crippen LogP contribution in [-0.2, 0) is 11.8 Å². The van der Waals surface area contributed by atoms with Gasteiger partial charge in [0.1, 0.15) is 0 Å². The van der Waals surface area contributed by atoms with E-state index in [1.165, 1.54) is 16.6 Å². The summed E-state index contributed by atoms with van der Waals surface area (Å²) in [5.74, 6) is 0.738. The van der Waals surface area contributed by atoms with Crippen molar-refractivity contribution in [2.24, 2.45) is 7.05 Å². The fourth-order valence-corrected chi connectivity index (χ4v) is 5.08. The number of thioether (sulfide) groups is 1. The summed E-state index contributed by atoms with van der Waals surface area (Å²) in [6, 6.07) is 15.2. The summed E-state index contributed by atoms with van der Waals surface area (Å²) in [4.78, 5) is 13.6. The molecule has 9 heteroatoms. The Morgan fingerprint density at radius 1 is 1.16 bits per heavy atom. The van der Waals surface area contributed by atoms with Crippen molar-refractivity contribution in [2.45, 2.75) is 12.1 Å². The van der Waals surface area contributed by atoms with Gasteiger partial charge in [0.05, 0.1) is 16.5 Å². The zero-order chi connectivity index (χ0) is 22.0. The topological polar surface area (TPSA) is 59.8 Å². The number of aromatic nitrogens is 3. The molecule has 4 rings (SSSR count). The van der Waals surface area contributed by atoms with Crippen LogP contribution in [-0.4, -0.2) is 26.4 Å². The van der Waals surface area contributed by atoms with E-state index in [2.05, 4.69) is 40.0 Å². The number of carbonyl (C=O) groups is 1. The lowest BCUT2D eigenvalue weighted by Gasteiger charge is -2.08. The summed E-state index contributed by atoms with van der Waals surface area (Å²) in [7, 11) is 1.91. The van der Waals surface area contributed by atoms with E-state index in [-0.39, 0.29) is 11.7 Å². The van der Waals surface area contributed by atoms with Gasteiger partial charge < -0.3 is 9.88 Å². The SMILES string of the molecule is Cc1scc(-c2nnc(SCC(=O)Nc3cc(Cl)ccc3Cl)n2C)c1-c1ccccc1. The van der Waals surface area contributed by atoms with E-state index in [1.54, 1.807) is 29.5 Å². The van der Waals surface area contributed by atoms with Gasteiger partial charge in [-0.2, -0.15) is 0 Å². The number of anilines is 1. The molecule has 2 aromatic carbocycles. The Hall–Kier alpha value is -2.32. The lowest BCUT2D eigenvalue weighted by atomic mass is 10.0. The maximum atomic E-state index is 12.4. The highest BCUT2D eigenvalue weighted by molar-refractivity contribution is 7.99. The van der Waals surface area contributed by atoms with Crippen LogP contribution in [0.4, 0.5) is 5.69 Å². The van der Waals surface area contributed by atoms with Crippen LogP contribution in [0.15, 0.2) is 59.1 Å². The minimum Gasteiger partial charge on any atom is -0.324 e. The van der Waals surface area contributed by atoms with Crippen molar-refractivity contribution in [3.63, 3.8) is 0 Å². The Morgan fingerprint density at radius 3 is 2.71 bits per heavy atom. The monoisotopic (exact) mass is 488 g/mol. The fourth-order valence-electron chi connectivity index (χ4n) is 3.17. The summed E-state index contributed by atoms with van der Waals surface area (Å²) in [6.45, 7) is 2.10. The summed E-state index contributed by atoms with van der Waals surface area (Å²) >= 11 is 15.1. The number of carbonyl (C=O) groups excluding carboxylic acids is 1. The predicted molar refractivity (Wildman–Crippen MR) is 130 cm³/mol. The van der Waals surface area contributed by atoms with Crippen molar-refractivity contribution in [3.05, 3.63) is 68.8 Å². The number of rotatable bonds is 6. The Labute approximate surface area is 198 Å². The van der Waals surface area contributed by atoms with Crippen LogP contribution < -0.4 is 5.32 Å². The molecule has 2 heterocycles. The summed E-state index contributed by atoms with van der Waals surface area (Å²) < 4.78 is 1.91. The van der Waals surface area contributed by atoms with E-state index in [0.29, 0.717) is 20.9 Å². The highest BCUT2D eigenvalue weighted by Gasteiger charge is 2.19. The molecule has 5 nitrogen and oxygen atoms in total. The lowest BCUT2D eigenvalue weighted by molar-refractivity contribution is -0.113. The molecule has 1 amide bonds. The first-order chi connectivity index (χ1) is 14.9. The smallest absolute Gasteiger partial charge is 0.234 e. The third-order valence-electron chi connectivity index (χ3n) is 4.65. The third kappa shape index (κ3) is 4.80. The number of hydrogen-bond donors (Lipinski definition) is 1. The molecule has 0 spiro atoms. The number of halogens is 2. The molecular weight excluding hydrogens is 471 g/mol. The van der Waals surface area contributed by atoms with Crippen molar-refractivity contribution in [3.8, 4) is 22.5 Å². The first kappa shape index (κ1) is 21.9. The van der Waals surface area contributed by atoms with Gasteiger partial charge in [0.2, 0.25) is 5.91 Å². The predicted octanol–water partition coefficient (Wildman–Crippen LogP) is 6.56. The highest BCUT2D eigenvalue weighted by Crippen LogP contribution is 2.38. The molecule has 0 aliphatic rings. The van der Waals surface area contributed by atoms with Gasteiger partial charge in [-0.15, -0.1) is 21.5 Å². The van der Waals surface area contributed by atoms with Gasteiger partial charge >= 0.3 is 0 Å². The van der Waals surface area contributed by atoms with Crippen LogP contribution in [0.1, 0.15) is 4.88 Å². The molecule has 158 valence electrons. The van der Waals surface area contributed by atoms with Crippen molar-refractivity contribution in [1.82, 2.24) is 14.8 Å². The van der Waals surface area contributed by atoms with Crippen LogP contribution in [0.2, 0.25) is 10.0 Å². The number of thiophene rings is 1. The highest BCUT2D eigenvalue weighted by atomic mass is 35.5.